The molecule has 102 valence electrons. The second-order valence-electron chi connectivity index (χ2n) is 5.45. The lowest BCUT2D eigenvalue weighted by atomic mass is 9.94. The fraction of sp³-hybridized carbons (Fsp3) is 0.438. The summed E-state index contributed by atoms with van der Waals surface area (Å²) in [5.41, 5.74) is 6.64. The molecule has 0 fully saturated rings. The largest absolute Gasteiger partial charge is 0.304 e. The molecule has 1 heterocycles. The number of H-pyrrole nitrogens is 1. The Morgan fingerprint density at radius 3 is 2.21 bits per heavy atom. The molecule has 0 aliphatic heterocycles. The van der Waals surface area contributed by atoms with Crippen LogP contribution in [0.3, 0.4) is 0 Å². The summed E-state index contributed by atoms with van der Waals surface area (Å²) in [4.78, 5) is 0. The Morgan fingerprint density at radius 2 is 1.68 bits per heavy atom. The molecule has 2 aromatic rings. The van der Waals surface area contributed by atoms with Crippen LogP contribution in [0.15, 0.2) is 24.5 Å². The molecule has 2 rings (SSSR count). The maximum atomic E-state index is 4.00. The van der Waals surface area contributed by atoms with Gasteiger partial charge in [-0.15, -0.1) is 0 Å². The van der Waals surface area contributed by atoms with E-state index < -0.39 is 0 Å². The summed E-state index contributed by atoms with van der Waals surface area (Å²) in [6.07, 6.45) is 3.82. The Balaban J connectivity index is 2.18. The lowest BCUT2D eigenvalue weighted by Gasteiger charge is -2.23. The average molecular weight is 257 g/mol. The Kier molecular flexibility index (Phi) is 4.05. The van der Waals surface area contributed by atoms with Crippen molar-refractivity contribution in [2.45, 2.75) is 46.7 Å². The molecule has 0 bridgehead atoms. The number of aryl methyl sites for hydroxylation is 3. The van der Waals surface area contributed by atoms with E-state index >= 15 is 0 Å². The van der Waals surface area contributed by atoms with Gasteiger partial charge in [0.2, 0.25) is 0 Å². The zero-order chi connectivity index (χ0) is 14.0. The molecule has 0 spiro atoms. The highest BCUT2D eigenvalue weighted by molar-refractivity contribution is 5.39. The smallest absolute Gasteiger partial charge is 0.0534 e. The minimum Gasteiger partial charge on any atom is -0.304 e. The molecule has 3 heteroatoms. The zero-order valence-electron chi connectivity index (χ0n) is 12.4. The third-order valence-electron chi connectivity index (χ3n) is 3.69. The molecular formula is C16H23N3. The van der Waals surface area contributed by atoms with Crippen LogP contribution in [0.2, 0.25) is 0 Å². The van der Waals surface area contributed by atoms with Crippen LogP contribution in [0.25, 0.3) is 0 Å². The van der Waals surface area contributed by atoms with Gasteiger partial charge in [0, 0.05) is 23.8 Å². The van der Waals surface area contributed by atoms with Crippen molar-refractivity contribution >= 4 is 0 Å². The van der Waals surface area contributed by atoms with E-state index in [1.807, 2.05) is 12.4 Å². The zero-order valence-corrected chi connectivity index (χ0v) is 12.4. The molecule has 0 amide bonds. The van der Waals surface area contributed by atoms with Crippen molar-refractivity contribution in [2.75, 3.05) is 0 Å². The lowest BCUT2D eigenvalue weighted by Crippen LogP contribution is -2.23. The van der Waals surface area contributed by atoms with Gasteiger partial charge >= 0.3 is 0 Å². The van der Waals surface area contributed by atoms with Gasteiger partial charge in [0.05, 0.1) is 6.20 Å². The highest BCUT2D eigenvalue weighted by Crippen LogP contribution is 2.25. The lowest BCUT2D eigenvalue weighted by molar-refractivity contribution is 0.491. The molecule has 0 saturated carbocycles. The topological polar surface area (TPSA) is 40.7 Å². The van der Waals surface area contributed by atoms with Crippen LogP contribution >= 0.6 is 0 Å². The van der Waals surface area contributed by atoms with Gasteiger partial charge in [-0.05, 0) is 51.3 Å². The predicted molar refractivity (Wildman–Crippen MR) is 79.2 cm³/mol. The first-order valence-corrected chi connectivity index (χ1v) is 6.81. The van der Waals surface area contributed by atoms with E-state index in [2.05, 4.69) is 62.3 Å². The van der Waals surface area contributed by atoms with Gasteiger partial charge in [-0.25, -0.2) is 0 Å². The molecule has 1 aromatic heterocycles. The van der Waals surface area contributed by atoms with Crippen molar-refractivity contribution in [3.63, 3.8) is 0 Å². The molecule has 2 N–H and O–H groups in total. The summed E-state index contributed by atoms with van der Waals surface area (Å²) < 4.78 is 0. The summed E-state index contributed by atoms with van der Waals surface area (Å²) in [5.74, 6) is 0. The van der Waals surface area contributed by atoms with E-state index in [1.54, 1.807) is 0 Å². The van der Waals surface area contributed by atoms with E-state index in [-0.39, 0.29) is 6.04 Å². The van der Waals surface area contributed by atoms with Gasteiger partial charge in [-0.3, -0.25) is 5.10 Å². The molecule has 19 heavy (non-hydrogen) atoms. The number of rotatable bonds is 4. The van der Waals surface area contributed by atoms with Crippen LogP contribution in [0.5, 0.6) is 0 Å². The molecule has 0 aliphatic rings. The van der Waals surface area contributed by atoms with Crippen molar-refractivity contribution < 1.29 is 0 Å². The average Bonchev–Trinajstić information content (AvgIpc) is 2.80. The van der Waals surface area contributed by atoms with Gasteiger partial charge in [0.15, 0.2) is 0 Å². The Morgan fingerprint density at radius 1 is 1.05 bits per heavy atom. The third kappa shape index (κ3) is 3.04. The summed E-state index contributed by atoms with van der Waals surface area (Å²) in [7, 11) is 0. The van der Waals surface area contributed by atoms with Gasteiger partial charge in [0.25, 0.3) is 0 Å². The number of aromatic amines is 1. The van der Waals surface area contributed by atoms with Crippen molar-refractivity contribution in [1.29, 1.82) is 0 Å². The van der Waals surface area contributed by atoms with E-state index in [0.29, 0.717) is 6.04 Å². The number of nitrogens with one attached hydrogen (secondary N) is 2. The normalized spacial score (nSPS) is 14.4. The van der Waals surface area contributed by atoms with Crippen LogP contribution in [0.4, 0.5) is 0 Å². The van der Waals surface area contributed by atoms with Gasteiger partial charge in [0.1, 0.15) is 0 Å². The van der Waals surface area contributed by atoms with Gasteiger partial charge in [-0.2, -0.15) is 5.10 Å². The maximum Gasteiger partial charge on any atom is 0.0534 e. The molecular weight excluding hydrogens is 234 g/mol. The molecule has 1 aromatic carbocycles. The van der Waals surface area contributed by atoms with Crippen molar-refractivity contribution in [3.8, 4) is 0 Å². The first kappa shape index (κ1) is 13.8. The van der Waals surface area contributed by atoms with Gasteiger partial charge < -0.3 is 5.32 Å². The summed E-state index contributed by atoms with van der Waals surface area (Å²) in [5, 5.41) is 10.5. The van der Waals surface area contributed by atoms with E-state index in [1.165, 1.54) is 27.8 Å². The molecule has 0 aliphatic carbocycles. The SMILES string of the molecule is Cc1cc(C)c(C(C)NC(C)c2cn[nH]c2)c(C)c1. The van der Waals surface area contributed by atoms with Crippen molar-refractivity contribution in [2.24, 2.45) is 0 Å². The van der Waals surface area contributed by atoms with Crippen LogP contribution in [0.1, 0.15) is 53.7 Å². The molecule has 2 unspecified atom stereocenters. The Labute approximate surface area is 115 Å². The minimum atomic E-state index is 0.286. The van der Waals surface area contributed by atoms with E-state index in [0.717, 1.165) is 0 Å². The van der Waals surface area contributed by atoms with Crippen molar-refractivity contribution in [1.82, 2.24) is 15.5 Å². The summed E-state index contributed by atoms with van der Waals surface area (Å²) >= 11 is 0. The first-order chi connectivity index (χ1) is 8.99. The quantitative estimate of drug-likeness (QED) is 0.876. The summed E-state index contributed by atoms with van der Waals surface area (Å²) in [6.45, 7) is 10.9. The van der Waals surface area contributed by atoms with Crippen LogP contribution in [0, 0.1) is 20.8 Å². The van der Waals surface area contributed by atoms with Gasteiger partial charge in [-0.1, -0.05) is 17.7 Å². The maximum absolute atomic E-state index is 4.00. The number of benzene rings is 1. The molecule has 3 nitrogen and oxygen atoms in total. The van der Waals surface area contributed by atoms with Crippen molar-refractivity contribution in [3.05, 3.63) is 52.3 Å². The molecule has 2 atom stereocenters. The second kappa shape index (κ2) is 5.57. The minimum absolute atomic E-state index is 0.286. The Bertz CT molecular complexity index is 520. The highest BCUT2D eigenvalue weighted by Gasteiger charge is 2.15. The standard InChI is InChI=1S/C16H23N3/c1-10-6-11(2)16(12(3)7-10)14(5)19-13(4)15-8-17-18-9-15/h6-9,13-14,19H,1-5H3,(H,17,18). The monoisotopic (exact) mass is 257 g/mol. The Hall–Kier alpha value is -1.61. The second-order valence-corrected chi connectivity index (χ2v) is 5.45. The first-order valence-electron chi connectivity index (χ1n) is 6.81. The van der Waals surface area contributed by atoms with Crippen LogP contribution < -0.4 is 5.32 Å². The fourth-order valence-corrected chi connectivity index (χ4v) is 2.93. The van der Waals surface area contributed by atoms with Crippen LogP contribution in [-0.4, -0.2) is 10.2 Å². The van der Waals surface area contributed by atoms with Crippen LogP contribution in [-0.2, 0) is 0 Å². The molecule has 0 saturated heterocycles. The number of hydrogen-bond acceptors (Lipinski definition) is 2. The molecule has 0 radical (unpaired) electrons. The highest BCUT2D eigenvalue weighted by atomic mass is 15.1. The third-order valence-corrected chi connectivity index (χ3v) is 3.69. The van der Waals surface area contributed by atoms with E-state index in [4.69, 9.17) is 0 Å². The number of hydrogen-bond donors (Lipinski definition) is 2. The predicted octanol–water partition coefficient (Wildman–Crippen LogP) is 3.75. The van der Waals surface area contributed by atoms with E-state index in [9.17, 15) is 0 Å². The fourth-order valence-electron chi connectivity index (χ4n) is 2.93. The summed E-state index contributed by atoms with van der Waals surface area (Å²) in [6, 6.07) is 5.12. The number of nitrogens with zero attached hydrogens (tertiary/aromatic N) is 1. The number of aromatic nitrogens is 2.